The van der Waals surface area contributed by atoms with Crippen molar-refractivity contribution in [2.45, 2.75) is 59.2 Å². The molecule has 2 heterocycles. The minimum absolute atomic E-state index is 0.0356. The molecule has 2 aliphatic heterocycles. The fourth-order valence-corrected chi connectivity index (χ4v) is 4.52. The summed E-state index contributed by atoms with van der Waals surface area (Å²) in [5.74, 6) is -0.0784. The molecule has 9 nitrogen and oxygen atoms in total. The summed E-state index contributed by atoms with van der Waals surface area (Å²) in [4.78, 5) is 16.4. The van der Waals surface area contributed by atoms with E-state index in [2.05, 4.69) is 10.2 Å². The molecule has 0 spiro atoms. The third-order valence-corrected chi connectivity index (χ3v) is 6.37. The summed E-state index contributed by atoms with van der Waals surface area (Å²) in [6, 6.07) is 3.51. The number of amides is 1. The molecule has 2 saturated heterocycles. The fourth-order valence-electron chi connectivity index (χ4n) is 4.28. The molecule has 0 saturated carbocycles. The molecule has 0 radical (unpaired) electrons. The fraction of sp³-hybridized carbons (Fsp3) is 0.625. The van der Waals surface area contributed by atoms with Crippen LogP contribution in [0.25, 0.3) is 0 Å². The highest BCUT2D eigenvalue weighted by atomic mass is 35.5. The zero-order valence-corrected chi connectivity index (χ0v) is 21.2. The van der Waals surface area contributed by atoms with E-state index < -0.39 is 0 Å². The van der Waals surface area contributed by atoms with Gasteiger partial charge in [-0.1, -0.05) is 11.6 Å². The standard InChI is InChI=1S/C24H36ClN5O4/c1-15(2)33-24(31)30-8-7-29(12-16(30)3)13-19-10-20(25)11-21(17(19)4)28-23(27)34-22(26)18-6-5-9-32-14-18/h10-11,15-16,18,26H,5-9,12-14H2,1-4H3,(H2,27,28)/t16-,18?/m0/s1. The molecule has 3 N–H and O–H groups in total. The van der Waals surface area contributed by atoms with Crippen molar-refractivity contribution >= 4 is 35.3 Å². The topological polar surface area (TPSA) is 111 Å². The summed E-state index contributed by atoms with van der Waals surface area (Å²) >= 11 is 6.39. The number of rotatable bonds is 5. The van der Waals surface area contributed by atoms with Gasteiger partial charge >= 0.3 is 6.09 Å². The number of piperazine rings is 1. The number of hydrogen-bond acceptors (Lipinski definition) is 7. The molecule has 0 aliphatic carbocycles. The van der Waals surface area contributed by atoms with Crippen LogP contribution in [-0.4, -0.2) is 72.8 Å². The molecular formula is C24H36ClN5O4. The van der Waals surface area contributed by atoms with Gasteiger partial charge in [0.2, 0.25) is 0 Å². The molecule has 0 bridgehead atoms. The van der Waals surface area contributed by atoms with Gasteiger partial charge in [-0.3, -0.25) is 15.7 Å². The summed E-state index contributed by atoms with van der Waals surface area (Å²) in [6.07, 6.45) is 1.31. The van der Waals surface area contributed by atoms with Crippen LogP contribution in [0.2, 0.25) is 5.02 Å². The highest BCUT2D eigenvalue weighted by Gasteiger charge is 2.29. The lowest BCUT2D eigenvalue weighted by molar-refractivity contribution is 0.0349. The predicted molar refractivity (Wildman–Crippen MR) is 133 cm³/mol. The number of hydrogen-bond donors (Lipinski definition) is 3. The van der Waals surface area contributed by atoms with Gasteiger partial charge in [-0.15, -0.1) is 0 Å². The normalized spacial score (nSPS) is 21.3. The molecule has 0 aromatic heterocycles. The maximum absolute atomic E-state index is 12.3. The number of halogens is 1. The Morgan fingerprint density at radius 3 is 2.74 bits per heavy atom. The molecule has 34 heavy (non-hydrogen) atoms. The van der Waals surface area contributed by atoms with Crippen LogP contribution in [0.15, 0.2) is 12.1 Å². The smallest absolute Gasteiger partial charge is 0.410 e. The Kier molecular flexibility index (Phi) is 9.16. The van der Waals surface area contributed by atoms with Crippen molar-refractivity contribution in [3.63, 3.8) is 0 Å². The number of carbonyl (C=O) groups excluding carboxylic acids is 1. The van der Waals surface area contributed by atoms with E-state index in [0.29, 0.717) is 37.0 Å². The van der Waals surface area contributed by atoms with Crippen LogP contribution in [-0.2, 0) is 20.8 Å². The van der Waals surface area contributed by atoms with Crippen molar-refractivity contribution < 1.29 is 19.0 Å². The van der Waals surface area contributed by atoms with Crippen molar-refractivity contribution in [2.24, 2.45) is 5.92 Å². The van der Waals surface area contributed by atoms with Crippen molar-refractivity contribution in [2.75, 3.05) is 38.2 Å². The number of ether oxygens (including phenoxy) is 3. The average molecular weight is 494 g/mol. The third-order valence-electron chi connectivity index (χ3n) is 6.15. The SMILES string of the molecule is Cc1c(CN2CCN(C(=O)OC(C)C)[C@@H](C)C2)cc(Cl)cc1NC(=N)OC(=N)C1CCCOC1. The molecule has 3 rings (SSSR count). The molecule has 1 aromatic rings. The summed E-state index contributed by atoms with van der Waals surface area (Å²) in [5, 5.41) is 19.8. The Morgan fingerprint density at radius 1 is 1.32 bits per heavy atom. The van der Waals surface area contributed by atoms with Crippen LogP contribution in [0.5, 0.6) is 0 Å². The minimum atomic E-state index is -0.267. The molecule has 1 aromatic carbocycles. The number of nitrogens with one attached hydrogen (secondary N) is 3. The van der Waals surface area contributed by atoms with Crippen molar-refractivity contribution in [3.8, 4) is 0 Å². The van der Waals surface area contributed by atoms with Gasteiger partial charge in [-0.25, -0.2) is 4.79 Å². The number of carbonyl (C=O) groups is 1. The van der Waals surface area contributed by atoms with Crippen LogP contribution in [0, 0.1) is 23.7 Å². The second-order valence-electron chi connectivity index (χ2n) is 9.28. The van der Waals surface area contributed by atoms with Gasteiger partial charge in [0, 0.05) is 49.5 Å². The lowest BCUT2D eigenvalue weighted by atomic mass is 10.0. The first-order valence-electron chi connectivity index (χ1n) is 11.8. The first-order valence-corrected chi connectivity index (χ1v) is 12.2. The Labute approximate surface area is 206 Å². The zero-order chi connectivity index (χ0) is 24.8. The maximum atomic E-state index is 12.3. The molecule has 188 valence electrons. The number of amidine groups is 1. The van der Waals surface area contributed by atoms with Crippen LogP contribution >= 0.6 is 11.6 Å². The van der Waals surface area contributed by atoms with Crippen LogP contribution < -0.4 is 5.32 Å². The van der Waals surface area contributed by atoms with Crippen LogP contribution in [0.3, 0.4) is 0 Å². The Bertz CT molecular complexity index is 904. The molecule has 2 aliphatic rings. The first kappa shape index (κ1) is 26.2. The predicted octanol–water partition coefficient (Wildman–Crippen LogP) is 4.47. The molecular weight excluding hydrogens is 458 g/mol. The lowest BCUT2D eigenvalue weighted by Crippen LogP contribution is -2.54. The van der Waals surface area contributed by atoms with Crippen LogP contribution in [0.1, 0.15) is 44.7 Å². The van der Waals surface area contributed by atoms with Crippen LogP contribution in [0.4, 0.5) is 10.5 Å². The number of anilines is 1. The molecule has 1 amide bonds. The van der Waals surface area contributed by atoms with Gasteiger partial charge in [0.15, 0.2) is 5.90 Å². The Hall–Kier alpha value is -2.36. The Balaban J connectivity index is 1.60. The van der Waals surface area contributed by atoms with E-state index in [1.165, 1.54) is 0 Å². The molecule has 1 unspecified atom stereocenters. The van der Waals surface area contributed by atoms with Gasteiger partial charge < -0.3 is 24.4 Å². The van der Waals surface area contributed by atoms with E-state index >= 15 is 0 Å². The zero-order valence-electron chi connectivity index (χ0n) is 20.4. The molecule has 2 fully saturated rings. The van der Waals surface area contributed by atoms with Crippen molar-refractivity contribution in [1.29, 1.82) is 10.8 Å². The van der Waals surface area contributed by atoms with E-state index in [1.807, 2.05) is 33.8 Å². The largest absolute Gasteiger partial charge is 0.447 e. The van der Waals surface area contributed by atoms with Gasteiger partial charge in [0.05, 0.1) is 18.6 Å². The van der Waals surface area contributed by atoms with Crippen molar-refractivity contribution in [1.82, 2.24) is 9.80 Å². The highest BCUT2D eigenvalue weighted by Crippen LogP contribution is 2.27. The summed E-state index contributed by atoms with van der Waals surface area (Å²) < 4.78 is 16.2. The van der Waals surface area contributed by atoms with E-state index in [0.717, 1.165) is 37.1 Å². The van der Waals surface area contributed by atoms with E-state index in [-0.39, 0.29) is 36.1 Å². The third kappa shape index (κ3) is 7.07. The summed E-state index contributed by atoms with van der Waals surface area (Å²) in [7, 11) is 0. The number of benzene rings is 1. The van der Waals surface area contributed by atoms with Gasteiger partial charge in [-0.05, 0) is 63.8 Å². The molecule has 10 heteroatoms. The molecule has 2 atom stereocenters. The van der Waals surface area contributed by atoms with E-state index in [1.54, 1.807) is 11.0 Å². The number of nitrogens with zero attached hydrogens (tertiary/aromatic N) is 2. The van der Waals surface area contributed by atoms with Gasteiger partial charge in [-0.2, -0.15) is 0 Å². The second-order valence-corrected chi connectivity index (χ2v) is 9.72. The summed E-state index contributed by atoms with van der Waals surface area (Å²) in [6.45, 7) is 11.6. The first-order chi connectivity index (χ1) is 16.1. The monoisotopic (exact) mass is 493 g/mol. The quantitative estimate of drug-likeness (QED) is 0.412. The highest BCUT2D eigenvalue weighted by molar-refractivity contribution is 6.31. The minimum Gasteiger partial charge on any atom is -0.447 e. The van der Waals surface area contributed by atoms with E-state index in [4.69, 9.17) is 36.6 Å². The average Bonchev–Trinajstić information content (AvgIpc) is 2.77. The maximum Gasteiger partial charge on any atom is 0.410 e. The summed E-state index contributed by atoms with van der Waals surface area (Å²) in [5.41, 5.74) is 2.66. The van der Waals surface area contributed by atoms with Gasteiger partial charge in [0.25, 0.3) is 6.02 Å². The van der Waals surface area contributed by atoms with Gasteiger partial charge in [0.1, 0.15) is 0 Å². The lowest BCUT2D eigenvalue weighted by Gasteiger charge is -2.39. The second kappa shape index (κ2) is 11.9. The Morgan fingerprint density at radius 2 is 2.09 bits per heavy atom. The van der Waals surface area contributed by atoms with E-state index in [9.17, 15) is 4.79 Å². The van der Waals surface area contributed by atoms with Crippen molar-refractivity contribution in [3.05, 3.63) is 28.3 Å².